The molecule has 6 heteroatoms. The van der Waals surface area contributed by atoms with E-state index in [0.29, 0.717) is 17.5 Å². The predicted molar refractivity (Wildman–Crippen MR) is 101 cm³/mol. The van der Waals surface area contributed by atoms with Gasteiger partial charge in [0, 0.05) is 0 Å². The van der Waals surface area contributed by atoms with E-state index in [2.05, 4.69) is 10.3 Å². The molecule has 25 heavy (non-hydrogen) atoms. The van der Waals surface area contributed by atoms with E-state index in [1.165, 1.54) is 16.9 Å². The third-order valence-electron chi connectivity index (χ3n) is 3.77. The number of nitrogens with one attached hydrogen (secondary N) is 1. The Bertz CT molecular complexity index is 905. The number of benzene rings is 2. The van der Waals surface area contributed by atoms with Crippen LogP contribution in [0.5, 0.6) is 11.5 Å². The van der Waals surface area contributed by atoms with E-state index in [9.17, 15) is 4.79 Å². The fraction of sp³-hybridized carbons (Fsp3) is 0.263. The van der Waals surface area contributed by atoms with Crippen molar-refractivity contribution in [2.75, 3.05) is 18.5 Å². The van der Waals surface area contributed by atoms with Gasteiger partial charge in [0.1, 0.15) is 11.5 Å². The number of carbonyl (C=O) groups is 1. The summed E-state index contributed by atoms with van der Waals surface area (Å²) in [6, 6.07) is 11.5. The number of amides is 1. The summed E-state index contributed by atoms with van der Waals surface area (Å²) in [4.78, 5) is 16.5. The Morgan fingerprint density at radius 2 is 1.84 bits per heavy atom. The fourth-order valence-corrected chi connectivity index (χ4v) is 3.23. The quantitative estimate of drug-likeness (QED) is 0.714. The molecule has 0 aliphatic rings. The molecule has 0 aliphatic heterocycles. The largest absolute Gasteiger partial charge is 0.494 e. The molecule has 0 saturated carbocycles. The Kier molecular flexibility index (Phi) is 5.19. The third-order valence-corrected chi connectivity index (χ3v) is 4.70. The van der Waals surface area contributed by atoms with E-state index in [0.717, 1.165) is 21.5 Å². The molecule has 0 unspecified atom stereocenters. The maximum Gasteiger partial charge on any atom is 0.264 e. The van der Waals surface area contributed by atoms with E-state index < -0.39 is 0 Å². The van der Waals surface area contributed by atoms with Crippen LogP contribution >= 0.6 is 11.3 Å². The summed E-state index contributed by atoms with van der Waals surface area (Å²) in [5, 5.41) is 3.33. The average Bonchev–Trinajstić information content (AvgIpc) is 2.97. The predicted octanol–water partition coefficient (Wildman–Crippen LogP) is 4.33. The first kappa shape index (κ1) is 17.2. The highest BCUT2D eigenvalue weighted by Crippen LogP contribution is 2.29. The smallest absolute Gasteiger partial charge is 0.264 e. The van der Waals surface area contributed by atoms with Crippen molar-refractivity contribution in [3.8, 4) is 11.5 Å². The molecular weight excluding hydrogens is 336 g/mol. The van der Waals surface area contributed by atoms with E-state index in [4.69, 9.17) is 9.47 Å². The zero-order chi connectivity index (χ0) is 17.8. The summed E-state index contributed by atoms with van der Waals surface area (Å²) < 4.78 is 12.0. The second kappa shape index (κ2) is 7.53. The highest BCUT2D eigenvalue weighted by atomic mass is 32.1. The van der Waals surface area contributed by atoms with E-state index >= 15 is 0 Å². The van der Waals surface area contributed by atoms with Crippen molar-refractivity contribution in [3.05, 3.63) is 47.5 Å². The molecule has 1 amide bonds. The summed E-state index contributed by atoms with van der Waals surface area (Å²) in [6.45, 7) is 6.56. The Labute approximate surface area is 150 Å². The first-order valence-corrected chi connectivity index (χ1v) is 8.90. The molecule has 0 radical (unpaired) electrons. The van der Waals surface area contributed by atoms with Crippen molar-refractivity contribution in [3.63, 3.8) is 0 Å². The highest BCUT2D eigenvalue weighted by molar-refractivity contribution is 7.22. The minimum absolute atomic E-state index is 0.0530. The molecule has 0 spiro atoms. The van der Waals surface area contributed by atoms with Gasteiger partial charge in [-0.1, -0.05) is 17.4 Å². The molecule has 0 bridgehead atoms. The van der Waals surface area contributed by atoms with Crippen molar-refractivity contribution in [1.82, 2.24) is 4.98 Å². The lowest BCUT2D eigenvalue weighted by molar-refractivity contribution is -0.118. The standard InChI is InChI=1S/C19H20N2O3S/c1-4-23-15-7-8-16-17(10-15)25-19(20-16)21-18(22)11-24-14-6-5-12(2)13(3)9-14/h5-10H,4,11H2,1-3H3,(H,20,21,22). The van der Waals surface area contributed by atoms with Crippen molar-refractivity contribution < 1.29 is 14.3 Å². The molecule has 5 nitrogen and oxygen atoms in total. The van der Waals surface area contributed by atoms with Gasteiger partial charge in [-0.2, -0.15) is 0 Å². The molecule has 2 aromatic carbocycles. The van der Waals surface area contributed by atoms with Gasteiger partial charge < -0.3 is 9.47 Å². The lowest BCUT2D eigenvalue weighted by atomic mass is 10.1. The SMILES string of the molecule is CCOc1ccc2nc(NC(=O)COc3ccc(C)c(C)c3)sc2c1. The van der Waals surface area contributed by atoms with Crippen molar-refractivity contribution in [2.24, 2.45) is 0 Å². The lowest BCUT2D eigenvalue weighted by Crippen LogP contribution is -2.20. The minimum atomic E-state index is -0.234. The third kappa shape index (κ3) is 4.28. The number of aromatic nitrogens is 1. The molecule has 1 heterocycles. The molecule has 0 aliphatic carbocycles. The molecule has 3 aromatic rings. The summed E-state index contributed by atoms with van der Waals surface area (Å²) in [5.74, 6) is 1.25. The van der Waals surface area contributed by atoms with Gasteiger partial charge >= 0.3 is 0 Å². The van der Waals surface area contributed by atoms with Crippen molar-refractivity contribution in [1.29, 1.82) is 0 Å². The van der Waals surface area contributed by atoms with Gasteiger partial charge in [0.15, 0.2) is 11.7 Å². The number of rotatable bonds is 6. The molecule has 3 rings (SSSR count). The molecule has 130 valence electrons. The van der Waals surface area contributed by atoms with Crippen LogP contribution in [0.1, 0.15) is 18.1 Å². The maximum absolute atomic E-state index is 12.1. The second-order valence-corrected chi connectivity index (χ2v) is 6.70. The normalized spacial score (nSPS) is 10.7. The first-order chi connectivity index (χ1) is 12.0. The number of anilines is 1. The summed E-state index contributed by atoms with van der Waals surface area (Å²) in [6.07, 6.45) is 0. The van der Waals surface area contributed by atoms with Gasteiger partial charge in [-0.25, -0.2) is 4.98 Å². The van der Waals surface area contributed by atoms with Crippen LogP contribution in [0.15, 0.2) is 36.4 Å². The van der Waals surface area contributed by atoms with Gasteiger partial charge in [0.05, 0.1) is 16.8 Å². The highest BCUT2D eigenvalue weighted by Gasteiger charge is 2.10. The fourth-order valence-electron chi connectivity index (χ4n) is 2.32. The topological polar surface area (TPSA) is 60.5 Å². The first-order valence-electron chi connectivity index (χ1n) is 8.08. The minimum Gasteiger partial charge on any atom is -0.494 e. The molecule has 0 atom stereocenters. The Morgan fingerprint density at radius 1 is 1.08 bits per heavy atom. The molecule has 0 fully saturated rings. The van der Waals surface area contributed by atoms with Crippen LogP contribution in [0.25, 0.3) is 10.2 Å². The number of aryl methyl sites for hydroxylation is 2. The number of nitrogens with zero attached hydrogens (tertiary/aromatic N) is 1. The second-order valence-electron chi connectivity index (χ2n) is 5.66. The van der Waals surface area contributed by atoms with Crippen LogP contribution < -0.4 is 14.8 Å². The van der Waals surface area contributed by atoms with E-state index in [-0.39, 0.29) is 12.5 Å². The Morgan fingerprint density at radius 3 is 2.60 bits per heavy atom. The van der Waals surface area contributed by atoms with Crippen LogP contribution in [-0.4, -0.2) is 24.1 Å². The average molecular weight is 356 g/mol. The zero-order valence-corrected chi connectivity index (χ0v) is 15.3. The summed E-state index contributed by atoms with van der Waals surface area (Å²) in [7, 11) is 0. The van der Waals surface area contributed by atoms with Gasteiger partial charge in [-0.3, -0.25) is 10.1 Å². The maximum atomic E-state index is 12.1. The van der Waals surface area contributed by atoms with Gasteiger partial charge in [-0.05, 0) is 62.2 Å². The Balaban J connectivity index is 1.62. The van der Waals surface area contributed by atoms with E-state index in [1.807, 2.05) is 57.2 Å². The summed E-state index contributed by atoms with van der Waals surface area (Å²) in [5.41, 5.74) is 3.16. The van der Waals surface area contributed by atoms with Crippen LogP contribution in [0.3, 0.4) is 0 Å². The zero-order valence-electron chi connectivity index (χ0n) is 14.5. The van der Waals surface area contributed by atoms with Gasteiger partial charge in [-0.15, -0.1) is 0 Å². The van der Waals surface area contributed by atoms with Crippen molar-refractivity contribution in [2.45, 2.75) is 20.8 Å². The summed E-state index contributed by atoms with van der Waals surface area (Å²) >= 11 is 1.41. The molecule has 1 aromatic heterocycles. The molecule has 1 N–H and O–H groups in total. The van der Waals surface area contributed by atoms with Gasteiger partial charge in [0.2, 0.25) is 0 Å². The number of ether oxygens (including phenoxy) is 2. The number of hydrogen-bond acceptors (Lipinski definition) is 5. The molecular formula is C19H20N2O3S. The Hall–Kier alpha value is -2.60. The number of fused-ring (bicyclic) bond motifs is 1. The van der Waals surface area contributed by atoms with Crippen LogP contribution in [-0.2, 0) is 4.79 Å². The number of hydrogen-bond donors (Lipinski definition) is 1. The van der Waals surface area contributed by atoms with Crippen LogP contribution in [0.4, 0.5) is 5.13 Å². The van der Waals surface area contributed by atoms with Crippen molar-refractivity contribution >= 4 is 32.6 Å². The number of thiazole rings is 1. The van der Waals surface area contributed by atoms with E-state index in [1.54, 1.807) is 0 Å². The van der Waals surface area contributed by atoms with Gasteiger partial charge in [0.25, 0.3) is 5.91 Å². The molecule has 0 saturated heterocycles. The van der Waals surface area contributed by atoms with Crippen LogP contribution in [0.2, 0.25) is 0 Å². The lowest BCUT2D eigenvalue weighted by Gasteiger charge is -2.07. The monoisotopic (exact) mass is 356 g/mol. The number of carbonyl (C=O) groups excluding carboxylic acids is 1. The van der Waals surface area contributed by atoms with Crippen LogP contribution in [0, 0.1) is 13.8 Å².